The summed E-state index contributed by atoms with van der Waals surface area (Å²) in [6.07, 6.45) is 1.58. The molecule has 0 aliphatic heterocycles. The summed E-state index contributed by atoms with van der Waals surface area (Å²) in [5.41, 5.74) is 1.05. The van der Waals surface area contributed by atoms with Crippen LogP contribution in [-0.2, 0) is 6.42 Å². The summed E-state index contributed by atoms with van der Waals surface area (Å²) in [5, 5.41) is 0. The highest BCUT2D eigenvalue weighted by Gasteiger charge is 2.13. The molecule has 0 saturated heterocycles. The van der Waals surface area contributed by atoms with Crippen molar-refractivity contribution in [1.29, 1.82) is 0 Å². The zero-order valence-electron chi connectivity index (χ0n) is 8.39. The first-order chi connectivity index (χ1) is 6.70. The minimum absolute atomic E-state index is 0.285. The van der Waals surface area contributed by atoms with E-state index in [1.807, 2.05) is 6.92 Å². The minimum Gasteiger partial charge on any atom is -0.250 e. The van der Waals surface area contributed by atoms with E-state index in [0.717, 1.165) is 6.42 Å². The Balaban J connectivity index is 3.00. The van der Waals surface area contributed by atoms with E-state index in [9.17, 15) is 8.78 Å². The Morgan fingerprint density at radius 2 is 2.14 bits per heavy atom. The maximum atomic E-state index is 13.7. The van der Waals surface area contributed by atoms with E-state index in [2.05, 4.69) is 6.92 Å². The quantitative estimate of drug-likeness (QED) is 0.691. The van der Waals surface area contributed by atoms with Gasteiger partial charge in [0.2, 0.25) is 0 Å². The molecule has 1 aromatic carbocycles. The molecule has 1 rings (SSSR count). The molecule has 0 N–H and O–H groups in total. The van der Waals surface area contributed by atoms with Crippen LogP contribution in [-0.4, -0.2) is 6.67 Å². The van der Waals surface area contributed by atoms with Gasteiger partial charge in [-0.3, -0.25) is 4.39 Å². The summed E-state index contributed by atoms with van der Waals surface area (Å²) in [4.78, 5) is 0. The summed E-state index contributed by atoms with van der Waals surface area (Å²) in [5.74, 6) is -0.876. The summed E-state index contributed by atoms with van der Waals surface area (Å²) < 4.78 is 26.0. The number of rotatable bonds is 4. The molecule has 0 fully saturated rings. The van der Waals surface area contributed by atoms with Crippen LogP contribution in [0.25, 0.3) is 0 Å². The smallest absolute Gasteiger partial charge is 0.129 e. The maximum Gasteiger partial charge on any atom is 0.129 e. The van der Waals surface area contributed by atoms with Crippen molar-refractivity contribution in [2.45, 2.75) is 25.7 Å². The van der Waals surface area contributed by atoms with Crippen LogP contribution < -0.4 is 0 Å². The van der Waals surface area contributed by atoms with Gasteiger partial charge in [-0.2, -0.15) is 0 Å². The molecule has 1 radical (unpaired) electrons. The second kappa shape index (κ2) is 5.08. The lowest BCUT2D eigenvalue weighted by Gasteiger charge is -2.11. The van der Waals surface area contributed by atoms with Crippen molar-refractivity contribution < 1.29 is 8.78 Å². The van der Waals surface area contributed by atoms with E-state index < -0.39 is 12.6 Å². The molecule has 0 bridgehead atoms. The Hall–Kier alpha value is -0.920. The molecule has 1 unspecified atom stereocenters. The third-order valence-corrected chi connectivity index (χ3v) is 2.25. The zero-order chi connectivity index (χ0) is 10.6. The van der Waals surface area contributed by atoms with Crippen LogP contribution in [0.5, 0.6) is 0 Å². The van der Waals surface area contributed by atoms with E-state index in [1.54, 1.807) is 18.2 Å². The standard InChI is InChI=1S/C12H15F2/c1-3-5-10-6-4-7-11(12(10)14)9(2)8-13/h4,6-7,9H,2-3,5,8H2,1H3. The van der Waals surface area contributed by atoms with Crippen molar-refractivity contribution in [2.24, 2.45) is 0 Å². The Morgan fingerprint density at radius 3 is 2.71 bits per heavy atom. The van der Waals surface area contributed by atoms with E-state index in [1.165, 1.54) is 0 Å². The average Bonchev–Trinajstić information content (AvgIpc) is 2.20. The van der Waals surface area contributed by atoms with Gasteiger partial charge in [0.15, 0.2) is 0 Å². The van der Waals surface area contributed by atoms with Crippen molar-refractivity contribution in [3.63, 3.8) is 0 Å². The topological polar surface area (TPSA) is 0 Å². The highest BCUT2D eigenvalue weighted by atomic mass is 19.1. The number of hydrogen-bond acceptors (Lipinski definition) is 0. The Morgan fingerprint density at radius 1 is 1.43 bits per heavy atom. The number of aryl methyl sites for hydroxylation is 1. The third kappa shape index (κ3) is 2.31. The van der Waals surface area contributed by atoms with Gasteiger partial charge in [0.05, 0.1) is 6.67 Å². The molecule has 0 heterocycles. The summed E-state index contributed by atoms with van der Waals surface area (Å²) >= 11 is 0. The van der Waals surface area contributed by atoms with Gasteiger partial charge in [0, 0.05) is 5.92 Å². The third-order valence-electron chi connectivity index (χ3n) is 2.25. The van der Waals surface area contributed by atoms with Crippen molar-refractivity contribution in [3.05, 3.63) is 42.1 Å². The van der Waals surface area contributed by atoms with Crippen LogP contribution in [0.1, 0.15) is 30.4 Å². The number of benzene rings is 1. The molecule has 0 amide bonds. The molecule has 0 nitrogen and oxygen atoms in total. The Kier molecular flexibility index (Phi) is 4.05. The van der Waals surface area contributed by atoms with Crippen LogP contribution in [0, 0.1) is 12.7 Å². The monoisotopic (exact) mass is 197 g/mol. The van der Waals surface area contributed by atoms with Gasteiger partial charge in [0.1, 0.15) is 5.82 Å². The number of halogens is 2. The summed E-state index contributed by atoms with van der Waals surface area (Å²) in [6, 6.07) is 5.11. The molecule has 0 aliphatic rings. The largest absolute Gasteiger partial charge is 0.250 e. The van der Waals surface area contributed by atoms with Gasteiger partial charge >= 0.3 is 0 Å². The lowest BCUT2D eigenvalue weighted by atomic mass is 9.97. The molecule has 2 heteroatoms. The van der Waals surface area contributed by atoms with Crippen LogP contribution in [0.15, 0.2) is 18.2 Å². The van der Waals surface area contributed by atoms with Crippen LogP contribution >= 0.6 is 0 Å². The predicted molar refractivity (Wildman–Crippen MR) is 54.5 cm³/mol. The average molecular weight is 197 g/mol. The Labute approximate surface area is 84.0 Å². The SMILES string of the molecule is [CH2]C(CF)c1cccc(CCC)c1F. The van der Waals surface area contributed by atoms with Crippen molar-refractivity contribution in [3.8, 4) is 0 Å². The van der Waals surface area contributed by atoms with Crippen LogP contribution in [0.4, 0.5) is 8.78 Å². The number of alkyl halides is 1. The zero-order valence-corrected chi connectivity index (χ0v) is 8.39. The minimum atomic E-state index is -0.619. The Bertz CT molecular complexity index is 294. The molecule has 14 heavy (non-hydrogen) atoms. The van der Waals surface area contributed by atoms with Gasteiger partial charge in [-0.05, 0) is 24.5 Å². The second-order valence-electron chi connectivity index (χ2n) is 3.42. The molecule has 0 spiro atoms. The first kappa shape index (κ1) is 11.2. The van der Waals surface area contributed by atoms with E-state index >= 15 is 0 Å². The summed E-state index contributed by atoms with van der Waals surface area (Å²) in [6.45, 7) is 4.94. The normalized spacial score (nSPS) is 12.9. The van der Waals surface area contributed by atoms with Crippen LogP contribution in [0.2, 0.25) is 0 Å². The van der Waals surface area contributed by atoms with Crippen molar-refractivity contribution >= 4 is 0 Å². The van der Waals surface area contributed by atoms with Crippen molar-refractivity contribution in [2.75, 3.05) is 6.67 Å². The molecular formula is C12H15F2. The molecule has 77 valence electrons. The molecule has 0 aliphatic carbocycles. The highest BCUT2D eigenvalue weighted by molar-refractivity contribution is 5.29. The fourth-order valence-electron chi connectivity index (χ4n) is 1.46. The fraction of sp³-hybridized carbons (Fsp3) is 0.417. The first-order valence-corrected chi connectivity index (χ1v) is 4.87. The predicted octanol–water partition coefficient (Wildman–Crippen LogP) is 3.67. The van der Waals surface area contributed by atoms with Gasteiger partial charge in [-0.1, -0.05) is 31.5 Å². The van der Waals surface area contributed by atoms with Crippen LogP contribution in [0.3, 0.4) is 0 Å². The van der Waals surface area contributed by atoms with Gasteiger partial charge in [-0.15, -0.1) is 0 Å². The summed E-state index contributed by atoms with van der Waals surface area (Å²) in [7, 11) is 0. The molecule has 1 atom stereocenters. The second-order valence-corrected chi connectivity index (χ2v) is 3.42. The van der Waals surface area contributed by atoms with E-state index in [0.29, 0.717) is 17.5 Å². The highest BCUT2D eigenvalue weighted by Crippen LogP contribution is 2.22. The fourth-order valence-corrected chi connectivity index (χ4v) is 1.46. The van der Waals surface area contributed by atoms with E-state index in [-0.39, 0.29) is 5.82 Å². The van der Waals surface area contributed by atoms with Gasteiger partial charge in [-0.25, -0.2) is 4.39 Å². The number of hydrogen-bond donors (Lipinski definition) is 0. The lowest BCUT2D eigenvalue weighted by molar-refractivity contribution is 0.453. The molecule has 0 saturated carbocycles. The van der Waals surface area contributed by atoms with E-state index in [4.69, 9.17) is 0 Å². The molecule has 1 aromatic rings. The van der Waals surface area contributed by atoms with Crippen molar-refractivity contribution in [1.82, 2.24) is 0 Å². The molecule has 0 aromatic heterocycles. The van der Waals surface area contributed by atoms with Gasteiger partial charge < -0.3 is 0 Å². The first-order valence-electron chi connectivity index (χ1n) is 4.87. The molecular weight excluding hydrogens is 182 g/mol. The van der Waals surface area contributed by atoms with Gasteiger partial charge in [0.25, 0.3) is 0 Å². The maximum absolute atomic E-state index is 13.7. The lowest BCUT2D eigenvalue weighted by Crippen LogP contribution is -2.02.